The van der Waals surface area contributed by atoms with Crippen molar-refractivity contribution in [3.63, 3.8) is 0 Å². The van der Waals surface area contributed by atoms with Gasteiger partial charge in [-0.25, -0.2) is 9.97 Å². The fourth-order valence-corrected chi connectivity index (χ4v) is 4.74. The minimum Gasteiger partial charge on any atom is -0.468 e. The predicted molar refractivity (Wildman–Crippen MR) is 122 cm³/mol. The average molecular weight is 480 g/mol. The van der Waals surface area contributed by atoms with Crippen molar-refractivity contribution in [2.24, 2.45) is 5.92 Å². The van der Waals surface area contributed by atoms with Crippen LogP contribution >= 0.6 is 11.8 Å². The molecule has 0 spiro atoms. The zero-order chi connectivity index (χ0) is 23.6. The Morgan fingerprint density at radius 2 is 1.82 bits per heavy atom. The van der Waals surface area contributed by atoms with Gasteiger partial charge in [-0.2, -0.15) is 13.2 Å². The van der Waals surface area contributed by atoms with Gasteiger partial charge in [-0.15, -0.1) is 0 Å². The van der Waals surface area contributed by atoms with Crippen LogP contribution in [-0.4, -0.2) is 40.5 Å². The van der Waals surface area contributed by atoms with Gasteiger partial charge in [-0.05, 0) is 43.0 Å². The molecule has 0 atom stereocenters. The van der Waals surface area contributed by atoms with Gasteiger partial charge in [-0.1, -0.05) is 32.5 Å². The first-order chi connectivity index (χ1) is 15.6. The van der Waals surface area contributed by atoms with Gasteiger partial charge in [0.1, 0.15) is 5.82 Å². The van der Waals surface area contributed by atoms with E-state index in [0.717, 1.165) is 59.2 Å². The second-order valence-corrected chi connectivity index (χ2v) is 10.5. The van der Waals surface area contributed by atoms with Crippen molar-refractivity contribution in [1.29, 1.82) is 0 Å². The fourth-order valence-electron chi connectivity index (χ4n) is 3.92. The molecule has 0 unspecified atom stereocenters. The number of alkyl halides is 3. The molecule has 3 heterocycles. The molecular weight excluding hydrogens is 451 g/mol. The van der Waals surface area contributed by atoms with Gasteiger partial charge in [0.25, 0.3) is 0 Å². The first-order valence-corrected chi connectivity index (χ1v) is 11.8. The summed E-state index contributed by atoms with van der Waals surface area (Å²) in [6.07, 6.45) is -0.741. The van der Waals surface area contributed by atoms with E-state index in [1.165, 1.54) is 24.0 Å². The Morgan fingerprint density at radius 3 is 2.45 bits per heavy atom. The van der Waals surface area contributed by atoms with E-state index in [-0.39, 0.29) is 11.3 Å². The van der Waals surface area contributed by atoms with Crippen LogP contribution in [0.4, 0.5) is 13.2 Å². The van der Waals surface area contributed by atoms with Crippen LogP contribution in [0, 0.1) is 5.92 Å². The van der Waals surface area contributed by atoms with Crippen LogP contribution in [0.25, 0.3) is 11.0 Å². The summed E-state index contributed by atoms with van der Waals surface area (Å²) in [5.74, 6) is 1.60. The maximum Gasteiger partial charge on any atom is 0.422 e. The minimum atomic E-state index is -4.38. The quantitative estimate of drug-likeness (QED) is 0.418. The van der Waals surface area contributed by atoms with Crippen molar-refractivity contribution in [2.75, 3.05) is 19.8 Å². The van der Waals surface area contributed by atoms with Crippen LogP contribution in [0.3, 0.4) is 0 Å². The summed E-state index contributed by atoms with van der Waals surface area (Å²) in [4.78, 5) is 10.8. The van der Waals surface area contributed by atoms with Crippen molar-refractivity contribution in [3.05, 3.63) is 42.4 Å². The molecule has 0 radical (unpaired) electrons. The standard InChI is InChI=1S/C24H28F3N3O2S/c1-23(2,3)22-29-19-12-17(4-6-20(19)30(22)14-16-8-10-31-11-9-16)33-18-5-7-21(28-13-18)32-15-24(25,26)27/h4-7,12-13,16H,8-11,14-15H2,1-3H3. The van der Waals surface area contributed by atoms with E-state index in [9.17, 15) is 13.2 Å². The molecule has 178 valence electrons. The molecule has 5 nitrogen and oxygen atoms in total. The topological polar surface area (TPSA) is 49.2 Å². The number of benzene rings is 1. The summed E-state index contributed by atoms with van der Waals surface area (Å²) in [6.45, 7) is 7.75. The summed E-state index contributed by atoms with van der Waals surface area (Å²) in [5.41, 5.74) is 1.97. The molecule has 2 aromatic heterocycles. The third-order valence-electron chi connectivity index (χ3n) is 5.50. The summed E-state index contributed by atoms with van der Waals surface area (Å²) in [6, 6.07) is 9.37. The SMILES string of the molecule is CC(C)(C)c1nc2cc(Sc3ccc(OCC(F)(F)F)nc3)ccc2n1CC1CCOCC1. The van der Waals surface area contributed by atoms with Crippen LogP contribution in [-0.2, 0) is 16.7 Å². The Labute approximate surface area is 195 Å². The number of hydrogen-bond donors (Lipinski definition) is 0. The molecule has 1 saturated heterocycles. The van der Waals surface area contributed by atoms with Crippen LogP contribution in [0.2, 0.25) is 0 Å². The Kier molecular flexibility index (Phi) is 6.91. The Hall–Kier alpha value is -2.26. The number of hydrogen-bond acceptors (Lipinski definition) is 5. The molecule has 3 aromatic rings. The molecule has 9 heteroatoms. The summed E-state index contributed by atoms with van der Waals surface area (Å²) >= 11 is 1.49. The van der Waals surface area contributed by atoms with Crippen molar-refractivity contribution in [3.8, 4) is 5.88 Å². The highest BCUT2D eigenvalue weighted by atomic mass is 32.2. The van der Waals surface area contributed by atoms with E-state index in [1.54, 1.807) is 6.07 Å². The summed E-state index contributed by atoms with van der Waals surface area (Å²) in [7, 11) is 0. The molecule has 1 aliphatic heterocycles. The number of rotatable bonds is 6. The van der Waals surface area contributed by atoms with E-state index < -0.39 is 12.8 Å². The normalized spacial score (nSPS) is 15.8. The van der Waals surface area contributed by atoms with Gasteiger partial charge in [0.2, 0.25) is 5.88 Å². The van der Waals surface area contributed by atoms with Crippen molar-refractivity contribution < 1.29 is 22.6 Å². The number of imidazole rings is 1. The number of ether oxygens (including phenoxy) is 2. The summed E-state index contributed by atoms with van der Waals surface area (Å²) < 4.78 is 49.5. The number of pyridine rings is 1. The minimum absolute atomic E-state index is 0.0474. The highest BCUT2D eigenvalue weighted by Gasteiger charge is 2.28. The van der Waals surface area contributed by atoms with E-state index in [2.05, 4.69) is 53.3 Å². The maximum atomic E-state index is 12.3. The molecule has 0 N–H and O–H groups in total. The van der Waals surface area contributed by atoms with E-state index in [1.807, 2.05) is 0 Å². The molecule has 1 aliphatic rings. The fraction of sp³-hybridized carbons (Fsp3) is 0.500. The lowest BCUT2D eigenvalue weighted by atomic mass is 9.94. The van der Waals surface area contributed by atoms with Crippen molar-refractivity contribution in [2.45, 2.75) is 61.5 Å². The van der Waals surface area contributed by atoms with Crippen LogP contribution in [0.1, 0.15) is 39.4 Å². The molecule has 0 aliphatic carbocycles. The Balaban J connectivity index is 1.54. The molecule has 33 heavy (non-hydrogen) atoms. The highest BCUT2D eigenvalue weighted by molar-refractivity contribution is 7.99. The molecule has 0 saturated carbocycles. The monoisotopic (exact) mass is 479 g/mol. The van der Waals surface area contributed by atoms with Crippen molar-refractivity contribution in [1.82, 2.24) is 14.5 Å². The van der Waals surface area contributed by atoms with Gasteiger partial charge in [0, 0.05) is 47.2 Å². The smallest absolute Gasteiger partial charge is 0.422 e. The second kappa shape index (κ2) is 9.54. The van der Waals surface area contributed by atoms with E-state index >= 15 is 0 Å². The van der Waals surface area contributed by atoms with Gasteiger partial charge in [0.15, 0.2) is 6.61 Å². The predicted octanol–water partition coefficient (Wildman–Crippen LogP) is 6.25. The molecular formula is C24H28F3N3O2S. The van der Waals surface area contributed by atoms with Crippen LogP contribution in [0.5, 0.6) is 5.88 Å². The number of nitrogens with zero attached hydrogens (tertiary/aromatic N) is 3. The lowest BCUT2D eigenvalue weighted by Crippen LogP contribution is -2.25. The molecule has 0 amide bonds. The van der Waals surface area contributed by atoms with Crippen molar-refractivity contribution >= 4 is 22.8 Å². The molecule has 1 aromatic carbocycles. The molecule has 1 fully saturated rings. The van der Waals surface area contributed by atoms with E-state index in [4.69, 9.17) is 9.72 Å². The molecule has 4 rings (SSSR count). The average Bonchev–Trinajstić information content (AvgIpc) is 3.11. The largest absolute Gasteiger partial charge is 0.468 e. The first kappa shape index (κ1) is 23.9. The van der Waals surface area contributed by atoms with Crippen LogP contribution in [0.15, 0.2) is 46.3 Å². The summed E-state index contributed by atoms with van der Waals surface area (Å²) in [5, 5.41) is 0. The van der Waals surface area contributed by atoms with Crippen LogP contribution < -0.4 is 4.74 Å². The molecule has 0 bridgehead atoms. The lowest BCUT2D eigenvalue weighted by Gasteiger charge is -2.26. The zero-order valence-electron chi connectivity index (χ0n) is 19.0. The van der Waals surface area contributed by atoms with Gasteiger partial charge in [-0.3, -0.25) is 0 Å². The third kappa shape index (κ3) is 6.20. The Morgan fingerprint density at radius 1 is 1.09 bits per heavy atom. The second-order valence-electron chi connectivity index (χ2n) is 9.34. The third-order valence-corrected chi connectivity index (χ3v) is 6.47. The van der Waals surface area contributed by atoms with Gasteiger partial charge >= 0.3 is 6.18 Å². The number of aromatic nitrogens is 3. The van der Waals surface area contributed by atoms with Gasteiger partial charge < -0.3 is 14.0 Å². The zero-order valence-corrected chi connectivity index (χ0v) is 19.8. The highest BCUT2D eigenvalue weighted by Crippen LogP contribution is 2.34. The maximum absolute atomic E-state index is 12.3. The lowest BCUT2D eigenvalue weighted by molar-refractivity contribution is -0.154. The van der Waals surface area contributed by atoms with Gasteiger partial charge in [0.05, 0.1) is 11.0 Å². The number of fused-ring (bicyclic) bond motifs is 1. The number of halogens is 3. The first-order valence-electron chi connectivity index (χ1n) is 11.0. The Bertz CT molecular complexity index is 1090. The van der Waals surface area contributed by atoms with E-state index in [0.29, 0.717) is 5.92 Å².